The maximum absolute atomic E-state index is 12.7. The van der Waals surface area contributed by atoms with Gasteiger partial charge in [-0.2, -0.15) is 0 Å². The minimum absolute atomic E-state index is 0.0210. The minimum Gasteiger partial charge on any atom is -0.486 e. The predicted molar refractivity (Wildman–Crippen MR) is 102 cm³/mol. The lowest BCUT2D eigenvalue weighted by Crippen LogP contribution is -2.50. The molecule has 2 aliphatic heterocycles. The number of amides is 2. The number of ketones is 1. The molecule has 0 radical (unpaired) electrons. The van der Waals surface area contributed by atoms with Crippen LogP contribution < -0.4 is 10.1 Å². The zero-order valence-corrected chi connectivity index (χ0v) is 16.5. The van der Waals surface area contributed by atoms with Crippen molar-refractivity contribution in [3.05, 3.63) is 29.3 Å². The minimum atomic E-state index is -0.669. The Morgan fingerprint density at radius 2 is 1.96 bits per heavy atom. The molecule has 2 atom stereocenters. The summed E-state index contributed by atoms with van der Waals surface area (Å²) in [7, 11) is 0. The summed E-state index contributed by atoms with van der Waals surface area (Å²) in [6.45, 7) is 7.89. The molecule has 2 aliphatic rings. The Hall–Kier alpha value is -2.37. The van der Waals surface area contributed by atoms with E-state index in [1.54, 1.807) is 11.8 Å². The van der Waals surface area contributed by atoms with Gasteiger partial charge >= 0.3 is 0 Å². The van der Waals surface area contributed by atoms with E-state index in [0.717, 1.165) is 5.56 Å². The Morgan fingerprint density at radius 1 is 1.22 bits per heavy atom. The van der Waals surface area contributed by atoms with Gasteiger partial charge in [0.2, 0.25) is 11.8 Å². The number of Topliss-reactive ketones (excluding diaryl/α,β-unsaturated/α-hetero) is 1. The number of nitrogens with zero attached hydrogens (tertiary/aromatic N) is 1. The van der Waals surface area contributed by atoms with Gasteiger partial charge < -0.3 is 15.0 Å². The normalized spacial score (nSPS) is 23.7. The quantitative estimate of drug-likeness (QED) is 0.885. The average Bonchev–Trinajstić information content (AvgIpc) is 2.74. The average molecular weight is 372 g/mol. The molecule has 0 bridgehead atoms. The molecule has 1 N–H and O–H groups in total. The summed E-state index contributed by atoms with van der Waals surface area (Å²) in [5, 5.41) is 2.86. The number of aryl methyl sites for hydroxylation is 1. The molecule has 1 saturated heterocycles. The molecule has 0 saturated carbocycles. The Labute approximate surface area is 160 Å². The van der Waals surface area contributed by atoms with E-state index in [2.05, 4.69) is 5.32 Å². The van der Waals surface area contributed by atoms with Crippen LogP contribution in [0.4, 0.5) is 0 Å². The number of carbonyl (C=O) groups is 3. The van der Waals surface area contributed by atoms with Crippen LogP contribution >= 0.6 is 0 Å². The molecular weight excluding hydrogens is 344 g/mol. The summed E-state index contributed by atoms with van der Waals surface area (Å²) in [6.07, 6.45) is 1.57. The molecular formula is C21H28N2O4. The summed E-state index contributed by atoms with van der Waals surface area (Å²) < 4.78 is 6.27. The summed E-state index contributed by atoms with van der Waals surface area (Å²) in [4.78, 5) is 39.3. The van der Waals surface area contributed by atoms with E-state index in [1.807, 2.05) is 39.0 Å². The van der Waals surface area contributed by atoms with Crippen molar-refractivity contribution >= 4 is 17.6 Å². The van der Waals surface area contributed by atoms with E-state index < -0.39 is 11.6 Å². The molecule has 6 nitrogen and oxygen atoms in total. The largest absolute Gasteiger partial charge is 0.486 e. The van der Waals surface area contributed by atoms with E-state index in [1.165, 1.54) is 0 Å². The van der Waals surface area contributed by atoms with E-state index in [-0.39, 0.29) is 36.5 Å². The molecule has 27 heavy (non-hydrogen) atoms. The number of hydrogen-bond acceptors (Lipinski definition) is 4. The molecule has 0 unspecified atom stereocenters. The van der Waals surface area contributed by atoms with Crippen LogP contribution in [-0.2, 0) is 9.59 Å². The van der Waals surface area contributed by atoms with Gasteiger partial charge in [0.15, 0.2) is 5.78 Å². The first-order chi connectivity index (χ1) is 12.7. The number of rotatable bonds is 3. The van der Waals surface area contributed by atoms with E-state index in [9.17, 15) is 14.4 Å². The molecule has 1 aromatic carbocycles. The van der Waals surface area contributed by atoms with Gasteiger partial charge in [-0.15, -0.1) is 0 Å². The molecule has 1 fully saturated rings. The van der Waals surface area contributed by atoms with Crippen LogP contribution in [0.25, 0.3) is 0 Å². The van der Waals surface area contributed by atoms with Crippen molar-refractivity contribution in [2.45, 2.75) is 71.1 Å². The highest BCUT2D eigenvalue weighted by molar-refractivity contribution is 6.00. The van der Waals surface area contributed by atoms with Crippen LogP contribution in [0.1, 0.15) is 62.4 Å². The monoisotopic (exact) mass is 372 g/mol. The highest BCUT2D eigenvalue weighted by Crippen LogP contribution is 2.40. The van der Waals surface area contributed by atoms with Gasteiger partial charge in [0, 0.05) is 25.4 Å². The van der Waals surface area contributed by atoms with Crippen molar-refractivity contribution in [3.8, 4) is 5.75 Å². The molecule has 6 heteroatoms. The van der Waals surface area contributed by atoms with Gasteiger partial charge in [-0.1, -0.05) is 11.6 Å². The second-order valence-electron chi connectivity index (χ2n) is 8.06. The van der Waals surface area contributed by atoms with Crippen LogP contribution in [0.2, 0.25) is 0 Å². The van der Waals surface area contributed by atoms with E-state index in [0.29, 0.717) is 30.7 Å². The molecule has 2 amide bonds. The van der Waals surface area contributed by atoms with Crippen molar-refractivity contribution in [2.24, 2.45) is 0 Å². The van der Waals surface area contributed by atoms with Gasteiger partial charge in [0.25, 0.3) is 0 Å². The summed E-state index contributed by atoms with van der Waals surface area (Å²) in [5.74, 6) is 0.439. The highest BCUT2D eigenvalue weighted by atomic mass is 16.5. The van der Waals surface area contributed by atoms with Crippen molar-refractivity contribution in [1.29, 1.82) is 0 Å². The van der Waals surface area contributed by atoms with Crippen LogP contribution in [0.5, 0.6) is 5.75 Å². The van der Waals surface area contributed by atoms with Crippen molar-refractivity contribution in [2.75, 3.05) is 6.54 Å². The molecule has 3 rings (SSSR count). The topological polar surface area (TPSA) is 75.7 Å². The first-order valence-corrected chi connectivity index (χ1v) is 9.63. The lowest BCUT2D eigenvalue weighted by molar-refractivity contribution is -0.139. The zero-order chi connectivity index (χ0) is 19.8. The molecule has 1 aromatic rings. The Balaban J connectivity index is 1.78. The molecule has 146 valence electrons. The van der Waals surface area contributed by atoms with Crippen molar-refractivity contribution in [3.63, 3.8) is 0 Å². The Morgan fingerprint density at radius 3 is 2.67 bits per heavy atom. The van der Waals surface area contributed by atoms with E-state index in [4.69, 9.17) is 4.74 Å². The van der Waals surface area contributed by atoms with Crippen molar-refractivity contribution in [1.82, 2.24) is 10.2 Å². The number of likely N-dealkylation sites (tertiary alicyclic amines) is 1. The van der Waals surface area contributed by atoms with Crippen LogP contribution in [0.15, 0.2) is 18.2 Å². The lowest BCUT2D eigenvalue weighted by Gasteiger charge is -2.37. The predicted octanol–water partition coefficient (Wildman–Crippen LogP) is 2.62. The Kier molecular flexibility index (Phi) is 5.27. The lowest BCUT2D eigenvalue weighted by atomic mass is 9.84. The number of fused-ring (bicyclic) bond motifs is 1. The fourth-order valence-electron chi connectivity index (χ4n) is 3.90. The van der Waals surface area contributed by atoms with Crippen LogP contribution in [0, 0.1) is 6.92 Å². The third-order valence-electron chi connectivity index (χ3n) is 5.45. The zero-order valence-electron chi connectivity index (χ0n) is 16.5. The number of carbonyl (C=O) groups excluding carboxylic acids is 3. The second kappa shape index (κ2) is 7.33. The maximum atomic E-state index is 12.7. The molecule has 0 aliphatic carbocycles. The van der Waals surface area contributed by atoms with Gasteiger partial charge in [-0.25, -0.2) is 0 Å². The summed E-state index contributed by atoms with van der Waals surface area (Å²) >= 11 is 0. The van der Waals surface area contributed by atoms with E-state index >= 15 is 0 Å². The SMILES string of the molecule is Cc1ccc2c(c1)C(=O)C[C@]1(CCC(=O)N([C@@H](C)C(=O)NC(C)C)CC1)O2. The first-order valence-electron chi connectivity index (χ1n) is 9.63. The molecule has 2 heterocycles. The third kappa shape index (κ3) is 3.99. The fraction of sp³-hybridized carbons (Fsp3) is 0.571. The van der Waals surface area contributed by atoms with Crippen LogP contribution in [0.3, 0.4) is 0 Å². The first kappa shape index (κ1) is 19.4. The maximum Gasteiger partial charge on any atom is 0.242 e. The van der Waals surface area contributed by atoms with Gasteiger partial charge in [0.05, 0.1) is 12.0 Å². The standard InChI is InChI=1S/C21H28N2O4/c1-13(2)22-20(26)15(4)23-10-9-21(8-7-19(23)25)12-17(24)16-11-14(3)5-6-18(16)27-21/h5-6,11,13,15H,7-10,12H2,1-4H3,(H,22,26)/t15-,21+/m0/s1. The number of hydrogen-bond donors (Lipinski definition) is 1. The summed E-state index contributed by atoms with van der Waals surface area (Å²) in [5.41, 5.74) is 0.976. The fourth-order valence-corrected chi connectivity index (χ4v) is 3.90. The number of benzene rings is 1. The third-order valence-corrected chi connectivity index (χ3v) is 5.45. The Bertz CT molecular complexity index is 773. The second-order valence-corrected chi connectivity index (χ2v) is 8.06. The van der Waals surface area contributed by atoms with Crippen molar-refractivity contribution < 1.29 is 19.1 Å². The van der Waals surface area contributed by atoms with Gasteiger partial charge in [-0.3, -0.25) is 14.4 Å². The smallest absolute Gasteiger partial charge is 0.242 e. The number of ether oxygens (including phenoxy) is 1. The number of nitrogens with one attached hydrogen (secondary N) is 1. The van der Waals surface area contributed by atoms with Crippen LogP contribution in [-0.4, -0.2) is 46.7 Å². The molecule has 0 aromatic heterocycles. The highest BCUT2D eigenvalue weighted by Gasteiger charge is 2.44. The van der Waals surface area contributed by atoms with Gasteiger partial charge in [0.1, 0.15) is 17.4 Å². The molecule has 1 spiro atoms. The summed E-state index contributed by atoms with van der Waals surface area (Å²) in [6, 6.07) is 5.11. The van der Waals surface area contributed by atoms with Gasteiger partial charge in [-0.05, 0) is 46.2 Å².